The number of halogens is 3. The van der Waals surface area contributed by atoms with Crippen molar-refractivity contribution in [2.75, 3.05) is 25.5 Å². The van der Waals surface area contributed by atoms with Crippen LogP contribution < -0.4 is 20.1 Å². The van der Waals surface area contributed by atoms with Crippen LogP contribution in [0.25, 0.3) is 0 Å². The molecular formula is C31H36F3N3O5. The van der Waals surface area contributed by atoms with Gasteiger partial charge in [0.15, 0.2) is 11.5 Å². The number of ether oxygens (including phenoxy) is 3. The number of amides is 3. The summed E-state index contributed by atoms with van der Waals surface area (Å²) in [5, 5.41) is 5.20. The number of alkyl halides is 3. The molecule has 0 aliphatic carbocycles. The Morgan fingerprint density at radius 1 is 0.881 bits per heavy atom. The van der Waals surface area contributed by atoms with Gasteiger partial charge in [0.1, 0.15) is 12.2 Å². The Bertz CT molecular complexity index is 1330. The lowest BCUT2D eigenvalue weighted by Crippen LogP contribution is -2.38. The maximum Gasteiger partial charge on any atom is 0.416 e. The van der Waals surface area contributed by atoms with Gasteiger partial charge in [-0.2, -0.15) is 13.2 Å². The van der Waals surface area contributed by atoms with E-state index in [9.17, 15) is 22.8 Å². The second-order valence-electron chi connectivity index (χ2n) is 10.5. The lowest BCUT2D eigenvalue weighted by Gasteiger charge is -2.24. The summed E-state index contributed by atoms with van der Waals surface area (Å²) in [6, 6.07) is 18.7. The standard InChI is InChI=1S/C31H36F3N3O5/c1-30(2,3)42-29(39)35-16-9-17-37(28(38)36-25-13-8-12-24(19-25)31(32,33)34)20-23-14-15-26(27(18-23)40-4)41-21-22-10-6-5-7-11-22/h5-8,10-15,18-19H,9,16-17,20-21H2,1-4H3,(H,35,39)(H,36,38). The van der Waals surface area contributed by atoms with E-state index in [1.165, 1.54) is 24.1 Å². The minimum absolute atomic E-state index is 0.00828. The Morgan fingerprint density at radius 2 is 1.62 bits per heavy atom. The van der Waals surface area contributed by atoms with Gasteiger partial charge < -0.3 is 29.7 Å². The summed E-state index contributed by atoms with van der Waals surface area (Å²) in [6.07, 6.45) is -4.77. The van der Waals surface area contributed by atoms with Crippen LogP contribution in [0.15, 0.2) is 72.8 Å². The van der Waals surface area contributed by atoms with E-state index >= 15 is 0 Å². The van der Waals surface area contributed by atoms with Crippen molar-refractivity contribution in [3.63, 3.8) is 0 Å². The summed E-state index contributed by atoms with van der Waals surface area (Å²) in [7, 11) is 1.51. The van der Waals surface area contributed by atoms with Crippen molar-refractivity contribution in [1.82, 2.24) is 10.2 Å². The van der Waals surface area contributed by atoms with Gasteiger partial charge in [-0.1, -0.05) is 42.5 Å². The highest BCUT2D eigenvalue weighted by Crippen LogP contribution is 2.31. The molecule has 0 aliphatic rings. The molecule has 0 atom stereocenters. The predicted octanol–water partition coefficient (Wildman–Crippen LogP) is 7.24. The zero-order chi connectivity index (χ0) is 30.8. The number of benzene rings is 3. The number of methoxy groups -OCH3 is 1. The van der Waals surface area contributed by atoms with Crippen LogP contribution in [0.3, 0.4) is 0 Å². The van der Waals surface area contributed by atoms with Crippen LogP contribution >= 0.6 is 0 Å². The van der Waals surface area contributed by atoms with Gasteiger partial charge in [-0.15, -0.1) is 0 Å². The molecule has 0 aromatic heterocycles. The number of nitrogens with one attached hydrogen (secondary N) is 2. The minimum atomic E-state index is -4.55. The van der Waals surface area contributed by atoms with E-state index in [4.69, 9.17) is 14.2 Å². The molecule has 3 rings (SSSR count). The Kier molecular flexibility index (Phi) is 11.1. The van der Waals surface area contributed by atoms with Gasteiger partial charge in [-0.25, -0.2) is 9.59 Å². The van der Waals surface area contributed by atoms with Crippen molar-refractivity contribution >= 4 is 17.8 Å². The lowest BCUT2D eigenvalue weighted by atomic mass is 10.1. The summed E-state index contributed by atoms with van der Waals surface area (Å²) < 4.78 is 56.2. The zero-order valence-electron chi connectivity index (χ0n) is 24.1. The summed E-state index contributed by atoms with van der Waals surface area (Å²) in [4.78, 5) is 26.7. The number of rotatable bonds is 11. The van der Waals surface area contributed by atoms with E-state index in [2.05, 4.69) is 10.6 Å². The molecule has 226 valence electrons. The topological polar surface area (TPSA) is 89.1 Å². The van der Waals surface area contributed by atoms with Crippen molar-refractivity contribution in [1.29, 1.82) is 0 Å². The highest BCUT2D eigenvalue weighted by atomic mass is 19.4. The molecular weight excluding hydrogens is 551 g/mol. The van der Waals surface area contributed by atoms with E-state index in [0.717, 1.165) is 17.7 Å². The molecule has 0 unspecified atom stereocenters. The summed E-state index contributed by atoms with van der Waals surface area (Å²) in [6.45, 7) is 6.11. The molecule has 11 heteroatoms. The number of alkyl carbamates (subject to hydrolysis) is 1. The Balaban J connectivity index is 1.72. The maximum atomic E-state index is 13.2. The van der Waals surface area contributed by atoms with Gasteiger partial charge in [-0.05, 0) is 68.7 Å². The first-order chi connectivity index (χ1) is 19.8. The smallest absolute Gasteiger partial charge is 0.416 e. The highest BCUT2D eigenvalue weighted by Gasteiger charge is 2.30. The predicted molar refractivity (Wildman–Crippen MR) is 153 cm³/mol. The monoisotopic (exact) mass is 587 g/mol. The van der Waals surface area contributed by atoms with Crippen LogP contribution in [0.2, 0.25) is 0 Å². The van der Waals surface area contributed by atoms with Crippen molar-refractivity contribution in [2.24, 2.45) is 0 Å². The summed E-state index contributed by atoms with van der Waals surface area (Å²) in [5.41, 5.74) is 0.175. The van der Waals surface area contributed by atoms with Crippen LogP contribution in [0.4, 0.5) is 28.4 Å². The van der Waals surface area contributed by atoms with E-state index in [0.29, 0.717) is 30.1 Å². The Hall–Kier alpha value is -4.41. The van der Waals surface area contributed by atoms with Gasteiger partial charge in [-0.3, -0.25) is 0 Å². The molecule has 3 aromatic carbocycles. The van der Waals surface area contributed by atoms with Gasteiger partial charge in [0.05, 0.1) is 12.7 Å². The third-order valence-corrected chi connectivity index (χ3v) is 5.84. The van der Waals surface area contributed by atoms with Crippen molar-refractivity contribution in [3.05, 3.63) is 89.5 Å². The SMILES string of the molecule is COc1cc(CN(CCCNC(=O)OC(C)(C)C)C(=O)Nc2cccc(C(F)(F)F)c2)ccc1OCc1ccccc1. The van der Waals surface area contributed by atoms with Crippen LogP contribution in [0.5, 0.6) is 11.5 Å². The molecule has 3 amide bonds. The quantitative estimate of drug-likeness (QED) is 0.231. The first kappa shape index (κ1) is 32.1. The fourth-order valence-corrected chi connectivity index (χ4v) is 3.89. The van der Waals surface area contributed by atoms with Crippen molar-refractivity contribution < 1.29 is 37.0 Å². The molecule has 0 heterocycles. The Morgan fingerprint density at radius 3 is 2.29 bits per heavy atom. The largest absolute Gasteiger partial charge is 0.493 e. The first-order valence-corrected chi connectivity index (χ1v) is 13.4. The molecule has 0 spiro atoms. The van der Waals surface area contributed by atoms with Gasteiger partial charge in [0, 0.05) is 25.3 Å². The number of urea groups is 1. The summed E-state index contributed by atoms with van der Waals surface area (Å²) >= 11 is 0. The number of hydrogen-bond acceptors (Lipinski definition) is 5. The first-order valence-electron chi connectivity index (χ1n) is 13.4. The van der Waals surface area contributed by atoms with Crippen molar-refractivity contribution in [3.8, 4) is 11.5 Å². The van der Waals surface area contributed by atoms with Crippen molar-refractivity contribution in [2.45, 2.75) is 52.1 Å². The molecule has 0 aliphatic heterocycles. The average Bonchev–Trinajstić information content (AvgIpc) is 2.93. The molecule has 8 nitrogen and oxygen atoms in total. The van der Waals surface area contributed by atoms with Gasteiger partial charge in [0.25, 0.3) is 0 Å². The molecule has 0 saturated carbocycles. The fraction of sp³-hybridized carbons (Fsp3) is 0.355. The van der Waals surface area contributed by atoms with E-state index < -0.39 is 29.5 Å². The maximum absolute atomic E-state index is 13.2. The fourth-order valence-electron chi connectivity index (χ4n) is 3.89. The van der Waals surface area contributed by atoms with E-state index in [1.807, 2.05) is 30.3 Å². The van der Waals surface area contributed by atoms with Crippen LogP contribution in [0, 0.1) is 0 Å². The third kappa shape index (κ3) is 10.5. The van der Waals surface area contributed by atoms with Crippen LogP contribution in [-0.2, 0) is 24.1 Å². The lowest BCUT2D eigenvalue weighted by molar-refractivity contribution is -0.137. The minimum Gasteiger partial charge on any atom is -0.493 e. The second-order valence-corrected chi connectivity index (χ2v) is 10.5. The third-order valence-electron chi connectivity index (χ3n) is 5.84. The number of hydrogen-bond donors (Lipinski definition) is 2. The molecule has 0 saturated heterocycles. The van der Waals surface area contributed by atoms with Crippen LogP contribution in [0.1, 0.15) is 43.9 Å². The summed E-state index contributed by atoms with van der Waals surface area (Å²) in [5.74, 6) is 0.986. The molecule has 0 radical (unpaired) electrons. The zero-order valence-corrected chi connectivity index (χ0v) is 24.1. The van der Waals surface area contributed by atoms with Gasteiger partial charge in [0.2, 0.25) is 0 Å². The van der Waals surface area contributed by atoms with E-state index in [-0.39, 0.29) is 25.3 Å². The number of anilines is 1. The molecule has 2 N–H and O–H groups in total. The molecule has 42 heavy (non-hydrogen) atoms. The molecule has 0 bridgehead atoms. The molecule has 3 aromatic rings. The van der Waals surface area contributed by atoms with Gasteiger partial charge >= 0.3 is 18.3 Å². The van der Waals surface area contributed by atoms with Crippen LogP contribution in [-0.4, -0.2) is 42.8 Å². The highest BCUT2D eigenvalue weighted by molar-refractivity contribution is 5.89. The number of nitrogens with zero attached hydrogens (tertiary/aromatic N) is 1. The average molecular weight is 588 g/mol. The Labute approximate surface area is 243 Å². The number of carbonyl (C=O) groups excluding carboxylic acids is 2. The normalized spacial score (nSPS) is 11.4. The molecule has 0 fully saturated rings. The second kappa shape index (κ2) is 14.5. The number of carbonyl (C=O) groups is 2. The van der Waals surface area contributed by atoms with E-state index in [1.54, 1.807) is 39.0 Å².